The monoisotopic (exact) mass is 443 g/mol. The molecule has 2 N–H and O–H groups in total. The summed E-state index contributed by atoms with van der Waals surface area (Å²) in [7, 11) is 0. The number of carbonyl (C=O) groups is 2. The molecule has 5 heteroatoms. The first kappa shape index (κ1) is 29.3. The van der Waals surface area contributed by atoms with Crippen molar-refractivity contribution in [1.29, 1.82) is 0 Å². The smallest absolute Gasteiger partial charge is 0.307 e. The third-order valence-corrected chi connectivity index (χ3v) is 6.16. The molecule has 0 radical (unpaired) electrons. The third-order valence-electron chi connectivity index (χ3n) is 5.84. The number of hydrogen-bond acceptors (Lipinski definition) is 3. The van der Waals surface area contributed by atoms with Gasteiger partial charge in [0.15, 0.2) is 0 Å². The average molecular weight is 444 g/mol. The summed E-state index contributed by atoms with van der Waals surface area (Å²) in [6.07, 6.45) is 22.5. The molecule has 30 heavy (non-hydrogen) atoms. The van der Waals surface area contributed by atoms with E-state index in [1.807, 2.05) is 0 Å². The van der Waals surface area contributed by atoms with E-state index in [0.29, 0.717) is 13.0 Å². The normalized spacial score (nSPS) is 12.1. The van der Waals surface area contributed by atoms with Crippen molar-refractivity contribution >= 4 is 24.5 Å². The molecule has 0 aliphatic carbocycles. The van der Waals surface area contributed by atoms with Crippen molar-refractivity contribution in [2.45, 2.75) is 129 Å². The Labute approximate surface area is 191 Å². The maximum atomic E-state index is 11.8. The lowest BCUT2D eigenvalue weighted by molar-refractivity contribution is -0.144. The summed E-state index contributed by atoms with van der Waals surface area (Å²) in [6.45, 7) is 2.85. The van der Waals surface area contributed by atoms with Crippen molar-refractivity contribution < 1.29 is 14.7 Å². The summed E-state index contributed by atoms with van der Waals surface area (Å²) in [5.41, 5.74) is 0. The molecule has 0 aliphatic heterocycles. The van der Waals surface area contributed by atoms with E-state index in [0.717, 1.165) is 25.0 Å². The van der Waals surface area contributed by atoms with Gasteiger partial charge >= 0.3 is 5.97 Å². The second-order valence-electron chi connectivity index (χ2n) is 8.76. The minimum atomic E-state index is -0.847. The molecule has 0 fully saturated rings. The Kier molecular flexibility index (Phi) is 22.4. The van der Waals surface area contributed by atoms with E-state index < -0.39 is 11.9 Å². The predicted molar refractivity (Wildman–Crippen MR) is 131 cm³/mol. The molecule has 1 unspecified atom stereocenters. The quantitative estimate of drug-likeness (QED) is 0.116. The first-order valence-electron chi connectivity index (χ1n) is 12.7. The van der Waals surface area contributed by atoms with Crippen LogP contribution in [0.25, 0.3) is 0 Å². The molecule has 0 heterocycles. The molecule has 1 atom stereocenters. The van der Waals surface area contributed by atoms with Gasteiger partial charge in [0.05, 0.1) is 5.92 Å². The summed E-state index contributed by atoms with van der Waals surface area (Å²) < 4.78 is 0. The van der Waals surface area contributed by atoms with Gasteiger partial charge in [-0.15, -0.1) is 0 Å². The predicted octanol–water partition coefficient (Wildman–Crippen LogP) is 7.17. The van der Waals surface area contributed by atoms with Gasteiger partial charge in [0.1, 0.15) is 0 Å². The fraction of sp³-hybridized carbons (Fsp3) is 0.920. The molecule has 178 valence electrons. The highest BCUT2D eigenvalue weighted by Crippen LogP contribution is 2.17. The minimum Gasteiger partial charge on any atom is -0.481 e. The van der Waals surface area contributed by atoms with E-state index in [2.05, 4.69) is 24.9 Å². The topological polar surface area (TPSA) is 66.4 Å². The molecule has 0 aromatic heterocycles. The lowest BCUT2D eigenvalue weighted by Gasteiger charge is -2.12. The zero-order valence-corrected chi connectivity index (χ0v) is 20.5. The first-order valence-corrected chi connectivity index (χ1v) is 13.3. The molecule has 0 rings (SSSR count). The number of carboxylic acid groups (broad SMARTS) is 1. The molecular weight excluding hydrogens is 394 g/mol. The van der Waals surface area contributed by atoms with E-state index >= 15 is 0 Å². The van der Waals surface area contributed by atoms with Crippen LogP contribution in [0.3, 0.4) is 0 Å². The van der Waals surface area contributed by atoms with Gasteiger partial charge in [-0.3, -0.25) is 9.59 Å². The van der Waals surface area contributed by atoms with Crippen molar-refractivity contribution in [3.63, 3.8) is 0 Å². The molecule has 0 saturated carbocycles. The van der Waals surface area contributed by atoms with E-state index in [9.17, 15) is 14.7 Å². The maximum absolute atomic E-state index is 11.8. The van der Waals surface area contributed by atoms with Crippen LogP contribution in [0.2, 0.25) is 0 Å². The number of amides is 1. The molecular formula is C25H49NO3S. The SMILES string of the molecule is CCCCCCCCCCCCCCCCCCC(CC(=O)NCCCS)C(=O)O. The Morgan fingerprint density at radius 3 is 1.57 bits per heavy atom. The molecule has 0 aliphatic rings. The van der Waals surface area contributed by atoms with Crippen LogP contribution in [0.1, 0.15) is 129 Å². The average Bonchev–Trinajstić information content (AvgIpc) is 2.72. The van der Waals surface area contributed by atoms with Crippen LogP contribution in [0.4, 0.5) is 0 Å². The third kappa shape index (κ3) is 20.6. The van der Waals surface area contributed by atoms with Crippen LogP contribution in [-0.2, 0) is 9.59 Å². The lowest BCUT2D eigenvalue weighted by atomic mass is 9.96. The molecule has 0 spiro atoms. The van der Waals surface area contributed by atoms with Crippen LogP contribution >= 0.6 is 12.6 Å². The molecule has 1 amide bonds. The Balaban J connectivity index is 3.45. The Morgan fingerprint density at radius 1 is 0.733 bits per heavy atom. The van der Waals surface area contributed by atoms with E-state index in [1.165, 1.54) is 89.9 Å². The Hall–Kier alpha value is -0.710. The van der Waals surface area contributed by atoms with Gasteiger partial charge in [0, 0.05) is 13.0 Å². The van der Waals surface area contributed by atoms with Crippen molar-refractivity contribution in [2.24, 2.45) is 5.92 Å². The Bertz CT molecular complexity index is 404. The largest absolute Gasteiger partial charge is 0.481 e. The summed E-state index contributed by atoms with van der Waals surface area (Å²) in [5, 5.41) is 12.1. The minimum absolute atomic E-state index is 0.0979. The fourth-order valence-electron chi connectivity index (χ4n) is 3.85. The molecule has 0 aromatic rings. The van der Waals surface area contributed by atoms with Gasteiger partial charge in [0.25, 0.3) is 0 Å². The molecule has 0 aromatic carbocycles. The van der Waals surface area contributed by atoms with Crippen molar-refractivity contribution in [2.75, 3.05) is 12.3 Å². The van der Waals surface area contributed by atoms with E-state index in [4.69, 9.17) is 0 Å². The highest BCUT2D eigenvalue weighted by molar-refractivity contribution is 7.80. The van der Waals surface area contributed by atoms with Crippen molar-refractivity contribution in [3.8, 4) is 0 Å². The number of aliphatic carboxylic acids is 1. The Morgan fingerprint density at radius 2 is 1.17 bits per heavy atom. The second-order valence-corrected chi connectivity index (χ2v) is 9.21. The second kappa shape index (κ2) is 23.0. The zero-order valence-electron chi connectivity index (χ0n) is 19.6. The van der Waals surface area contributed by atoms with Crippen LogP contribution in [0.5, 0.6) is 0 Å². The highest BCUT2D eigenvalue weighted by atomic mass is 32.1. The molecule has 0 bridgehead atoms. The first-order chi connectivity index (χ1) is 14.6. The number of unbranched alkanes of at least 4 members (excludes halogenated alkanes) is 15. The molecule has 0 saturated heterocycles. The van der Waals surface area contributed by atoms with Crippen LogP contribution in [-0.4, -0.2) is 29.3 Å². The van der Waals surface area contributed by atoms with E-state index in [-0.39, 0.29) is 12.3 Å². The van der Waals surface area contributed by atoms with Gasteiger partial charge in [-0.05, 0) is 18.6 Å². The van der Waals surface area contributed by atoms with Crippen LogP contribution in [0, 0.1) is 5.92 Å². The van der Waals surface area contributed by atoms with Gasteiger partial charge in [-0.25, -0.2) is 0 Å². The van der Waals surface area contributed by atoms with Crippen LogP contribution < -0.4 is 5.32 Å². The maximum Gasteiger partial charge on any atom is 0.307 e. The number of nitrogens with one attached hydrogen (secondary N) is 1. The zero-order chi connectivity index (χ0) is 22.3. The highest BCUT2D eigenvalue weighted by Gasteiger charge is 2.20. The van der Waals surface area contributed by atoms with Gasteiger partial charge in [-0.1, -0.05) is 110 Å². The number of hydrogen-bond donors (Lipinski definition) is 3. The summed E-state index contributed by atoms with van der Waals surface area (Å²) >= 11 is 4.10. The van der Waals surface area contributed by atoms with Crippen LogP contribution in [0.15, 0.2) is 0 Å². The summed E-state index contributed by atoms with van der Waals surface area (Å²) in [5.74, 6) is -0.824. The summed E-state index contributed by atoms with van der Waals surface area (Å²) in [4.78, 5) is 23.2. The number of thiol groups is 1. The number of carboxylic acids is 1. The van der Waals surface area contributed by atoms with E-state index in [1.54, 1.807) is 0 Å². The van der Waals surface area contributed by atoms with Gasteiger partial charge < -0.3 is 10.4 Å². The van der Waals surface area contributed by atoms with Crippen molar-refractivity contribution in [3.05, 3.63) is 0 Å². The fourth-order valence-corrected chi connectivity index (χ4v) is 4.01. The van der Waals surface area contributed by atoms with Gasteiger partial charge in [0.2, 0.25) is 5.91 Å². The number of rotatable bonds is 23. The lowest BCUT2D eigenvalue weighted by Crippen LogP contribution is -2.29. The van der Waals surface area contributed by atoms with Crippen molar-refractivity contribution in [1.82, 2.24) is 5.32 Å². The van der Waals surface area contributed by atoms with Gasteiger partial charge in [-0.2, -0.15) is 12.6 Å². The standard InChI is InChI=1S/C25H49NO3S/c1-2-3-4-5-6-7-8-9-10-11-12-13-14-15-16-17-19-23(25(28)29)22-24(27)26-20-18-21-30/h23,30H,2-22H2,1H3,(H,26,27)(H,28,29). The molecule has 4 nitrogen and oxygen atoms in total. The number of carbonyl (C=O) groups excluding carboxylic acids is 1. The summed E-state index contributed by atoms with van der Waals surface area (Å²) in [6, 6.07) is 0.